The van der Waals surface area contributed by atoms with Gasteiger partial charge in [0.25, 0.3) is 0 Å². The average molecular weight is 280 g/mol. The fourth-order valence-electron chi connectivity index (χ4n) is 3.60. The Morgan fingerprint density at radius 3 is 2.86 bits per heavy atom. The summed E-state index contributed by atoms with van der Waals surface area (Å²) < 4.78 is 0. The van der Waals surface area contributed by atoms with Gasteiger partial charge in [-0.05, 0) is 49.3 Å². The number of benzene rings is 1. The van der Waals surface area contributed by atoms with Gasteiger partial charge in [0.1, 0.15) is 12.1 Å². The number of anilines is 2. The van der Waals surface area contributed by atoms with Gasteiger partial charge >= 0.3 is 0 Å². The third-order valence-electron chi connectivity index (χ3n) is 4.70. The maximum absolute atomic E-state index is 6.09. The highest BCUT2D eigenvalue weighted by atomic mass is 15.2. The first-order chi connectivity index (χ1) is 10.3. The summed E-state index contributed by atoms with van der Waals surface area (Å²) in [6.07, 6.45) is 7.46. The summed E-state index contributed by atoms with van der Waals surface area (Å²) in [5.74, 6) is 1.15. The summed E-state index contributed by atoms with van der Waals surface area (Å²) in [4.78, 5) is 11.5. The van der Waals surface area contributed by atoms with Crippen molar-refractivity contribution in [3.8, 4) is 0 Å². The van der Waals surface area contributed by atoms with Gasteiger partial charge in [-0.25, -0.2) is 9.97 Å². The first-order valence-corrected chi connectivity index (χ1v) is 7.77. The Labute approximate surface area is 125 Å². The van der Waals surface area contributed by atoms with Crippen molar-refractivity contribution in [2.24, 2.45) is 0 Å². The van der Waals surface area contributed by atoms with E-state index in [9.17, 15) is 0 Å². The van der Waals surface area contributed by atoms with Gasteiger partial charge in [-0.2, -0.15) is 0 Å². The van der Waals surface area contributed by atoms with Crippen LogP contribution in [-0.2, 0) is 25.8 Å². The molecule has 0 radical (unpaired) electrons. The van der Waals surface area contributed by atoms with Gasteiger partial charge < -0.3 is 10.6 Å². The molecule has 4 heteroatoms. The molecule has 1 aliphatic heterocycles. The van der Waals surface area contributed by atoms with Gasteiger partial charge in [0, 0.05) is 30.0 Å². The zero-order chi connectivity index (χ0) is 14.2. The predicted octanol–water partition coefficient (Wildman–Crippen LogP) is 2.50. The fraction of sp³-hybridized carbons (Fsp3) is 0.412. The maximum Gasteiger partial charge on any atom is 0.135 e. The Balaban J connectivity index is 1.70. The molecule has 2 N–H and O–H groups in total. The molecule has 0 bridgehead atoms. The van der Waals surface area contributed by atoms with Crippen LogP contribution < -0.4 is 10.6 Å². The molecule has 0 saturated heterocycles. The van der Waals surface area contributed by atoms with Crippen LogP contribution in [0.25, 0.3) is 0 Å². The summed E-state index contributed by atoms with van der Waals surface area (Å²) in [6.45, 7) is 1.90. The number of nitrogens with two attached hydrogens (primary N) is 1. The quantitative estimate of drug-likeness (QED) is 0.815. The molecular formula is C17H20N4. The van der Waals surface area contributed by atoms with E-state index in [0.29, 0.717) is 0 Å². The molecular weight excluding hydrogens is 260 g/mol. The molecule has 2 aliphatic rings. The summed E-state index contributed by atoms with van der Waals surface area (Å²) in [5, 5.41) is 0. The third kappa shape index (κ3) is 2.15. The van der Waals surface area contributed by atoms with E-state index in [1.54, 1.807) is 6.33 Å². The van der Waals surface area contributed by atoms with E-state index in [-0.39, 0.29) is 0 Å². The zero-order valence-corrected chi connectivity index (χ0v) is 12.2. The van der Waals surface area contributed by atoms with E-state index in [2.05, 4.69) is 20.9 Å². The Hall–Kier alpha value is -2.10. The van der Waals surface area contributed by atoms with Crippen molar-refractivity contribution < 1.29 is 0 Å². The Morgan fingerprint density at radius 1 is 1.00 bits per heavy atom. The molecule has 0 saturated carbocycles. The van der Waals surface area contributed by atoms with Crippen molar-refractivity contribution >= 4 is 11.5 Å². The standard InChI is InChI=1S/C17H20N4/c18-15-6-3-4-12-10-21(9-8-13(12)15)17-14-5-1-2-7-16(14)19-11-20-17/h3-4,6,11H,1-2,5,7-10,18H2. The highest BCUT2D eigenvalue weighted by Crippen LogP contribution is 2.31. The van der Waals surface area contributed by atoms with Gasteiger partial charge in [0.05, 0.1) is 0 Å². The van der Waals surface area contributed by atoms with Crippen LogP contribution in [0.1, 0.15) is 35.2 Å². The van der Waals surface area contributed by atoms with Gasteiger partial charge in [-0.15, -0.1) is 0 Å². The van der Waals surface area contributed by atoms with E-state index in [0.717, 1.165) is 43.9 Å². The van der Waals surface area contributed by atoms with E-state index in [4.69, 9.17) is 5.73 Å². The minimum Gasteiger partial charge on any atom is -0.398 e. The minimum atomic E-state index is 0.907. The van der Waals surface area contributed by atoms with Crippen molar-refractivity contribution in [1.29, 1.82) is 0 Å². The Bertz CT molecular complexity index is 680. The van der Waals surface area contributed by atoms with Crippen LogP contribution >= 0.6 is 0 Å². The lowest BCUT2D eigenvalue weighted by Gasteiger charge is -2.32. The summed E-state index contributed by atoms with van der Waals surface area (Å²) in [5.41, 5.74) is 12.3. The molecule has 2 heterocycles. The van der Waals surface area contributed by atoms with E-state index >= 15 is 0 Å². The maximum atomic E-state index is 6.09. The fourth-order valence-corrected chi connectivity index (χ4v) is 3.60. The third-order valence-corrected chi connectivity index (χ3v) is 4.70. The highest BCUT2D eigenvalue weighted by molar-refractivity contribution is 5.57. The SMILES string of the molecule is Nc1cccc2c1CCN(c1ncnc3c1CCCC3)C2. The molecule has 0 unspecified atom stereocenters. The topological polar surface area (TPSA) is 55.0 Å². The molecule has 108 valence electrons. The van der Waals surface area contributed by atoms with Gasteiger partial charge in [0.15, 0.2) is 0 Å². The van der Waals surface area contributed by atoms with Crippen LogP contribution in [0, 0.1) is 0 Å². The molecule has 0 amide bonds. The second-order valence-corrected chi connectivity index (χ2v) is 5.99. The van der Waals surface area contributed by atoms with Crippen molar-refractivity contribution in [2.45, 2.75) is 38.6 Å². The van der Waals surface area contributed by atoms with Crippen LogP contribution in [0.5, 0.6) is 0 Å². The van der Waals surface area contributed by atoms with Gasteiger partial charge in [-0.1, -0.05) is 12.1 Å². The van der Waals surface area contributed by atoms with E-state index < -0.39 is 0 Å². The highest BCUT2D eigenvalue weighted by Gasteiger charge is 2.23. The number of hydrogen-bond donors (Lipinski definition) is 1. The molecule has 4 nitrogen and oxygen atoms in total. The molecule has 1 aliphatic carbocycles. The number of fused-ring (bicyclic) bond motifs is 2. The van der Waals surface area contributed by atoms with Gasteiger partial charge in [0.2, 0.25) is 0 Å². The molecule has 1 aromatic carbocycles. The van der Waals surface area contributed by atoms with Crippen molar-refractivity contribution in [3.05, 3.63) is 46.9 Å². The lowest BCUT2D eigenvalue weighted by Crippen LogP contribution is -2.33. The van der Waals surface area contributed by atoms with Crippen molar-refractivity contribution in [2.75, 3.05) is 17.2 Å². The minimum absolute atomic E-state index is 0.907. The number of aromatic nitrogens is 2. The molecule has 4 rings (SSSR count). The summed E-state index contributed by atoms with van der Waals surface area (Å²) in [6, 6.07) is 6.24. The van der Waals surface area contributed by atoms with Crippen LogP contribution in [0.3, 0.4) is 0 Å². The van der Waals surface area contributed by atoms with Gasteiger partial charge in [-0.3, -0.25) is 0 Å². The lowest BCUT2D eigenvalue weighted by molar-refractivity contribution is 0.646. The zero-order valence-electron chi connectivity index (χ0n) is 12.2. The van der Waals surface area contributed by atoms with Crippen LogP contribution in [0.15, 0.2) is 24.5 Å². The van der Waals surface area contributed by atoms with Crippen molar-refractivity contribution in [1.82, 2.24) is 9.97 Å². The number of rotatable bonds is 1. The van der Waals surface area contributed by atoms with Crippen LogP contribution in [0.2, 0.25) is 0 Å². The first kappa shape index (κ1) is 12.6. The van der Waals surface area contributed by atoms with Crippen LogP contribution in [-0.4, -0.2) is 16.5 Å². The lowest BCUT2D eigenvalue weighted by atomic mass is 9.94. The Morgan fingerprint density at radius 2 is 1.90 bits per heavy atom. The first-order valence-electron chi connectivity index (χ1n) is 7.77. The molecule has 1 aromatic heterocycles. The molecule has 0 fully saturated rings. The summed E-state index contributed by atoms with van der Waals surface area (Å²) in [7, 11) is 0. The number of aryl methyl sites for hydroxylation is 1. The second kappa shape index (κ2) is 5.02. The normalized spacial score (nSPS) is 17.2. The monoisotopic (exact) mass is 280 g/mol. The average Bonchev–Trinajstić information content (AvgIpc) is 2.54. The molecule has 21 heavy (non-hydrogen) atoms. The molecule has 0 atom stereocenters. The van der Waals surface area contributed by atoms with Crippen LogP contribution in [0.4, 0.5) is 11.5 Å². The smallest absolute Gasteiger partial charge is 0.135 e. The second-order valence-electron chi connectivity index (χ2n) is 5.99. The predicted molar refractivity (Wildman–Crippen MR) is 84.3 cm³/mol. The van der Waals surface area contributed by atoms with Crippen molar-refractivity contribution in [3.63, 3.8) is 0 Å². The molecule has 0 spiro atoms. The molecule has 2 aromatic rings. The number of hydrogen-bond acceptors (Lipinski definition) is 4. The van der Waals surface area contributed by atoms with E-state index in [1.807, 2.05) is 12.1 Å². The summed E-state index contributed by atoms with van der Waals surface area (Å²) >= 11 is 0. The largest absolute Gasteiger partial charge is 0.398 e. The Kier molecular flexibility index (Phi) is 3.02. The van der Waals surface area contributed by atoms with E-state index in [1.165, 1.54) is 35.2 Å². The number of nitrogen functional groups attached to an aromatic ring is 1. The number of nitrogens with zero attached hydrogens (tertiary/aromatic N) is 3.